The van der Waals surface area contributed by atoms with E-state index in [1.165, 1.54) is 0 Å². The van der Waals surface area contributed by atoms with Crippen LogP contribution in [0, 0.1) is 0 Å². The Labute approximate surface area is 109 Å². The highest BCUT2D eigenvalue weighted by atomic mass is 79.9. The van der Waals surface area contributed by atoms with Gasteiger partial charge in [-0.1, -0.05) is 0 Å². The Morgan fingerprint density at radius 1 is 1.53 bits per heavy atom. The van der Waals surface area contributed by atoms with Crippen LogP contribution in [0.4, 0.5) is 0 Å². The third-order valence-corrected chi connectivity index (χ3v) is 4.44. The van der Waals surface area contributed by atoms with Crippen LogP contribution in [-0.2, 0) is 12.0 Å². The van der Waals surface area contributed by atoms with Gasteiger partial charge in [0.2, 0.25) is 0 Å². The molecule has 1 aliphatic heterocycles. The van der Waals surface area contributed by atoms with E-state index in [2.05, 4.69) is 15.9 Å². The number of rotatable bonds is 2. The number of aliphatic hydroxyl groups is 1. The zero-order valence-electron chi connectivity index (χ0n) is 9.92. The van der Waals surface area contributed by atoms with Crippen LogP contribution in [0.15, 0.2) is 10.5 Å². The predicted molar refractivity (Wildman–Crippen MR) is 67.6 cm³/mol. The van der Waals surface area contributed by atoms with Crippen LogP contribution < -0.4 is 9.47 Å². The van der Waals surface area contributed by atoms with Crippen molar-refractivity contribution in [2.45, 2.75) is 37.9 Å². The maximum Gasteiger partial charge on any atom is 0.166 e. The van der Waals surface area contributed by atoms with Crippen molar-refractivity contribution in [3.63, 3.8) is 0 Å². The number of benzene rings is 1. The molecule has 0 aromatic heterocycles. The van der Waals surface area contributed by atoms with E-state index in [0.29, 0.717) is 0 Å². The summed E-state index contributed by atoms with van der Waals surface area (Å²) in [6.45, 7) is 2.04. The van der Waals surface area contributed by atoms with E-state index < -0.39 is 5.60 Å². The Hall–Kier alpha value is -0.740. The Kier molecular flexibility index (Phi) is 2.42. The molecular formula is C13H15BrO3. The largest absolute Gasteiger partial charge is 0.493 e. The molecule has 1 heterocycles. The molecule has 1 aliphatic carbocycles. The van der Waals surface area contributed by atoms with Crippen molar-refractivity contribution in [2.24, 2.45) is 0 Å². The lowest BCUT2D eigenvalue weighted by Gasteiger charge is -2.16. The van der Waals surface area contributed by atoms with E-state index in [1.807, 2.05) is 13.0 Å². The van der Waals surface area contributed by atoms with Gasteiger partial charge in [-0.2, -0.15) is 0 Å². The molecule has 1 saturated carbocycles. The minimum Gasteiger partial charge on any atom is -0.493 e. The van der Waals surface area contributed by atoms with Gasteiger partial charge in [-0.25, -0.2) is 0 Å². The number of hydrogen-bond donors (Lipinski definition) is 1. The number of fused-ring (bicyclic) bond motifs is 1. The molecular weight excluding hydrogens is 284 g/mol. The molecule has 2 aliphatic rings. The summed E-state index contributed by atoms with van der Waals surface area (Å²) in [6, 6.07) is 1.90. The third-order valence-electron chi connectivity index (χ3n) is 3.53. The fourth-order valence-electron chi connectivity index (χ4n) is 2.39. The minimum atomic E-state index is -0.660. The smallest absolute Gasteiger partial charge is 0.166 e. The van der Waals surface area contributed by atoms with Crippen molar-refractivity contribution < 1.29 is 14.6 Å². The van der Waals surface area contributed by atoms with Crippen molar-refractivity contribution in [2.75, 3.05) is 7.11 Å². The van der Waals surface area contributed by atoms with Gasteiger partial charge in [0.15, 0.2) is 11.5 Å². The lowest BCUT2D eigenvalue weighted by molar-refractivity contribution is 0.150. The average Bonchev–Trinajstić information content (AvgIpc) is 2.89. The molecule has 0 saturated heterocycles. The monoisotopic (exact) mass is 298 g/mol. The van der Waals surface area contributed by atoms with Gasteiger partial charge in [-0.3, -0.25) is 0 Å². The Morgan fingerprint density at radius 3 is 2.82 bits per heavy atom. The highest BCUT2D eigenvalue weighted by Gasteiger charge is 2.45. The zero-order chi connectivity index (χ0) is 12.2. The van der Waals surface area contributed by atoms with E-state index in [1.54, 1.807) is 7.11 Å². The van der Waals surface area contributed by atoms with Crippen molar-refractivity contribution >= 4 is 15.9 Å². The number of ether oxygens (including phenoxy) is 2. The molecule has 0 radical (unpaired) electrons. The van der Waals surface area contributed by atoms with E-state index in [-0.39, 0.29) is 6.10 Å². The van der Waals surface area contributed by atoms with Crippen LogP contribution in [0.1, 0.15) is 30.9 Å². The highest BCUT2D eigenvalue weighted by molar-refractivity contribution is 9.10. The average molecular weight is 299 g/mol. The van der Waals surface area contributed by atoms with Crippen LogP contribution in [0.3, 0.4) is 0 Å². The molecule has 1 N–H and O–H groups in total. The van der Waals surface area contributed by atoms with Gasteiger partial charge in [0.25, 0.3) is 0 Å². The SMILES string of the molecule is COc1cc(C2(O)CC2)c(Br)c2c1OC(C)C2. The van der Waals surface area contributed by atoms with Crippen LogP contribution in [0.2, 0.25) is 0 Å². The highest BCUT2D eigenvalue weighted by Crippen LogP contribution is 2.53. The first-order valence-corrected chi connectivity index (χ1v) is 6.63. The molecule has 1 aromatic rings. The molecule has 3 nitrogen and oxygen atoms in total. The van der Waals surface area contributed by atoms with Gasteiger partial charge >= 0.3 is 0 Å². The van der Waals surface area contributed by atoms with Gasteiger partial charge in [0, 0.05) is 22.0 Å². The molecule has 4 heteroatoms. The van der Waals surface area contributed by atoms with Crippen molar-refractivity contribution in [3.05, 3.63) is 21.7 Å². The van der Waals surface area contributed by atoms with Gasteiger partial charge in [0.1, 0.15) is 6.10 Å². The molecule has 0 amide bonds. The second-order valence-corrected chi connectivity index (χ2v) is 5.71. The zero-order valence-corrected chi connectivity index (χ0v) is 11.5. The fraction of sp³-hybridized carbons (Fsp3) is 0.538. The van der Waals surface area contributed by atoms with Crippen molar-refractivity contribution in [1.82, 2.24) is 0 Å². The summed E-state index contributed by atoms with van der Waals surface area (Å²) in [5.41, 5.74) is 1.39. The lowest BCUT2D eigenvalue weighted by Crippen LogP contribution is -2.07. The Bertz CT molecular complexity index is 480. The first-order valence-electron chi connectivity index (χ1n) is 5.84. The normalized spacial score (nSPS) is 24.1. The van der Waals surface area contributed by atoms with Crippen LogP contribution >= 0.6 is 15.9 Å². The van der Waals surface area contributed by atoms with Gasteiger partial charge in [-0.15, -0.1) is 0 Å². The van der Waals surface area contributed by atoms with E-state index in [9.17, 15) is 5.11 Å². The van der Waals surface area contributed by atoms with E-state index >= 15 is 0 Å². The van der Waals surface area contributed by atoms with Crippen LogP contribution in [0.5, 0.6) is 11.5 Å². The van der Waals surface area contributed by atoms with Crippen molar-refractivity contribution in [3.8, 4) is 11.5 Å². The number of methoxy groups -OCH3 is 1. The maximum atomic E-state index is 10.3. The second-order valence-electron chi connectivity index (χ2n) is 4.91. The molecule has 0 bridgehead atoms. The molecule has 1 unspecified atom stereocenters. The first-order chi connectivity index (χ1) is 8.05. The fourth-order valence-corrected chi connectivity index (χ4v) is 3.22. The van der Waals surface area contributed by atoms with Crippen LogP contribution in [-0.4, -0.2) is 18.3 Å². The summed E-state index contributed by atoms with van der Waals surface area (Å²) in [5, 5.41) is 10.3. The molecule has 1 fully saturated rings. The Balaban J connectivity index is 2.17. The standard InChI is InChI=1S/C13H15BrO3/c1-7-5-8-11(14)9(13(15)3-4-13)6-10(16-2)12(8)17-7/h6-7,15H,3-5H2,1-2H3. The molecule has 1 atom stereocenters. The summed E-state index contributed by atoms with van der Waals surface area (Å²) < 4.78 is 12.1. The number of halogens is 1. The maximum absolute atomic E-state index is 10.3. The van der Waals surface area contributed by atoms with E-state index in [0.717, 1.165) is 46.4 Å². The van der Waals surface area contributed by atoms with Gasteiger partial charge < -0.3 is 14.6 Å². The number of hydrogen-bond acceptors (Lipinski definition) is 3. The second kappa shape index (κ2) is 3.62. The van der Waals surface area contributed by atoms with Gasteiger partial charge in [0.05, 0.1) is 12.7 Å². The Morgan fingerprint density at radius 2 is 2.24 bits per heavy atom. The van der Waals surface area contributed by atoms with Gasteiger partial charge in [-0.05, 0) is 41.8 Å². The molecule has 17 heavy (non-hydrogen) atoms. The molecule has 0 spiro atoms. The summed E-state index contributed by atoms with van der Waals surface area (Å²) in [6.07, 6.45) is 2.67. The third kappa shape index (κ3) is 1.66. The molecule has 1 aromatic carbocycles. The lowest BCUT2D eigenvalue weighted by atomic mass is 10.0. The van der Waals surface area contributed by atoms with Crippen LogP contribution in [0.25, 0.3) is 0 Å². The summed E-state index contributed by atoms with van der Waals surface area (Å²) in [5.74, 6) is 1.54. The quantitative estimate of drug-likeness (QED) is 0.912. The topological polar surface area (TPSA) is 38.7 Å². The minimum absolute atomic E-state index is 0.166. The van der Waals surface area contributed by atoms with E-state index in [4.69, 9.17) is 9.47 Å². The molecule has 92 valence electrons. The summed E-state index contributed by atoms with van der Waals surface area (Å²) in [4.78, 5) is 0. The predicted octanol–water partition coefficient (Wildman–Crippen LogP) is 2.76. The first kappa shape index (κ1) is 11.4. The van der Waals surface area contributed by atoms with Crippen molar-refractivity contribution in [1.29, 1.82) is 0 Å². The summed E-state index contributed by atoms with van der Waals surface area (Å²) >= 11 is 3.60. The molecule has 3 rings (SSSR count). The summed E-state index contributed by atoms with van der Waals surface area (Å²) in [7, 11) is 1.64.